The summed E-state index contributed by atoms with van der Waals surface area (Å²) in [4.78, 5) is 2.57. The van der Waals surface area contributed by atoms with E-state index in [2.05, 4.69) is 45.2 Å². The molecule has 0 amide bonds. The number of nitrogens with zero attached hydrogens (tertiary/aromatic N) is 1. The average molecular weight is 351 g/mol. The molecule has 1 saturated heterocycles. The van der Waals surface area contributed by atoms with Gasteiger partial charge in [-0.1, -0.05) is 22.9 Å². The molecule has 2 aliphatic rings. The number of nitrogens with one attached hydrogen (secondary N) is 1. The van der Waals surface area contributed by atoms with Gasteiger partial charge in [-0.15, -0.1) is 0 Å². The van der Waals surface area contributed by atoms with Gasteiger partial charge in [0, 0.05) is 29.2 Å². The zero-order valence-electron chi connectivity index (χ0n) is 12.6. The van der Waals surface area contributed by atoms with Gasteiger partial charge in [0.25, 0.3) is 0 Å². The molecule has 0 bridgehead atoms. The maximum atomic E-state index is 5.82. The summed E-state index contributed by atoms with van der Waals surface area (Å²) in [6, 6.07) is 6.87. The molecule has 0 radical (unpaired) electrons. The first kappa shape index (κ1) is 15.1. The zero-order valence-corrected chi connectivity index (χ0v) is 14.2. The Bertz CT molecular complexity index is 530. The lowest BCUT2D eigenvalue weighted by Crippen LogP contribution is -2.38. The van der Waals surface area contributed by atoms with Gasteiger partial charge < -0.3 is 10.1 Å². The van der Waals surface area contributed by atoms with Crippen LogP contribution >= 0.6 is 15.9 Å². The molecule has 3 rings (SSSR count). The van der Waals surface area contributed by atoms with Crippen molar-refractivity contribution < 1.29 is 4.74 Å². The Morgan fingerprint density at radius 2 is 2.33 bits per heavy atom. The van der Waals surface area contributed by atoms with Crippen molar-refractivity contribution in [2.45, 2.75) is 25.8 Å². The Hall–Kier alpha value is -0.840. The van der Waals surface area contributed by atoms with Crippen LogP contribution in [0.25, 0.3) is 6.08 Å². The highest BCUT2D eigenvalue weighted by atomic mass is 79.9. The lowest BCUT2D eigenvalue weighted by molar-refractivity contribution is 0.260. The van der Waals surface area contributed by atoms with Crippen LogP contribution in [0, 0.1) is 0 Å². The Balaban J connectivity index is 1.54. The SMILES string of the molecule is CCN1CCCC1CNCC1=Cc2cc(Br)ccc2OC1. The van der Waals surface area contributed by atoms with Crippen LogP contribution in [0.3, 0.4) is 0 Å². The van der Waals surface area contributed by atoms with Crippen LogP contribution < -0.4 is 10.1 Å². The molecule has 0 spiro atoms. The fourth-order valence-electron chi connectivity index (χ4n) is 3.24. The topological polar surface area (TPSA) is 24.5 Å². The van der Waals surface area contributed by atoms with Crippen molar-refractivity contribution in [2.24, 2.45) is 0 Å². The van der Waals surface area contributed by atoms with Gasteiger partial charge in [-0.3, -0.25) is 4.90 Å². The summed E-state index contributed by atoms with van der Waals surface area (Å²) in [7, 11) is 0. The van der Waals surface area contributed by atoms with E-state index in [4.69, 9.17) is 4.74 Å². The first-order valence-electron chi connectivity index (χ1n) is 7.83. The number of ether oxygens (including phenoxy) is 1. The largest absolute Gasteiger partial charge is 0.489 e. The number of rotatable bonds is 5. The van der Waals surface area contributed by atoms with Gasteiger partial charge >= 0.3 is 0 Å². The van der Waals surface area contributed by atoms with E-state index in [1.54, 1.807) is 0 Å². The first-order valence-corrected chi connectivity index (χ1v) is 8.62. The highest BCUT2D eigenvalue weighted by Gasteiger charge is 2.22. The summed E-state index contributed by atoms with van der Waals surface area (Å²) in [5.74, 6) is 0.981. The summed E-state index contributed by atoms with van der Waals surface area (Å²) in [5.41, 5.74) is 2.49. The number of benzene rings is 1. The summed E-state index contributed by atoms with van der Waals surface area (Å²) in [5, 5.41) is 3.61. The Labute approximate surface area is 135 Å². The van der Waals surface area contributed by atoms with E-state index in [9.17, 15) is 0 Å². The van der Waals surface area contributed by atoms with Gasteiger partial charge in [0.15, 0.2) is 0 Å². The van der Waals surface area contributed by atoms with E-state index in [0.717, 1.165) is 23.3 Å². The molecule has 3 nitrogen and oxygen atoms in total. The minimum atomic E-state index is 0.698. The molecule has 4 heteroatoms. The fraction of sp³-hybridized carbons (Fsp3) is 0.529. The Morgan fingerprint density at radius 1 is 1.43 bits per heavy atom. The molecule has 21 heavy (non-hydrogen) atoms. The summed E-state index contributed by atoms with van der Waals surface area (Å²) >= 11 is 3.52. The molecule has 1 N–H and O–H groups in total. The van der Waals surface area contributed by atoms with Crippen LogP contribution in [0.15, 0.2) is 28.2 Å². The number of hydrogen-bond donors (Lipinski definition) is 1. The molecule has 114 valence electrons. The van der Waals surface area contributed by atoms with E-state index in [0.29, 0.717) is 12.6 Å². The minimum absolute atomic E-state index is 0.698. The van der Waals surface area contributed by atoms with Crippen molar-refractivity contribution in [3.05, 3.63) is 33.8 Å². The van der Waals surface area contributed by atoms with Gasteiger partial charge in [0.05, 0.1) is 0 Å². The Morgan fingerprint density at radius 3 is 3.19 bits per heavy atom. The van der Waals surface area contributed by atoms with Crippen LogP contribution in [0.2, 0.25) is 0 Å². The molecule has 2 aliphatic heterocycles. The third kappa shape index (κ3) is 3.68. The summed E-state index contributed by atoms with van der Waals surface area (Å²) in [6.45, 7) is 7.38. The predicted octanol–water partition coefficient (Wildman–Crippen LogP) is 3.30. The van der Waals surface area contributed by atoms with Gasteiger partial charge in [-0.05, 0) is 55.8 Å². The van der Waals surface area contributed by atoms with Crippen molar-refractivity contribution in [2.75, 3.05) is 32.8 Å². The molecule has 0 saturated carbocycles. The fourth-order valence-corrected chi connectivity index (χ4v) is 3.62. The molecule has 2 heterocycles. The molecule has 1 atom stereocenters. The monoisotopic (exact) mass is 350 g/mol. The van der Waals surface area contributed by atoms with Gasteiger partial charge in [0.1, 0.15) is 12.4 Å². The maximum absolute atomic E-state index is 5.82. The Kier molecular flexibility index (Phi) is 4.99. The summed E-state index contributed by atoms with van der Waals surface area (Å²) < 4.78 is 6.91. The quantitative estimate of drug-likeness (QED) is 0.881. The van der Waals surface area contributed by atoms with Crippen molar-refractivity contribution in [3.8, 4) is 5.75 Å². The molecule has 1 aromatic carbocycles. The second-order valence-electron chi connectivity index (χ2n) is 5.83. The number of hydrogen-bond acceptors (Lipinski definition) is 3. The van der Waals surface area contributed by atoms with Crippen molar-refractivity contribution in [1.82, 2.24) is 10.2 Å². The van der Waals surface area contributed by atoms with Crippen molar-refractivity contribution in [3.63, 3.8) is 0 Å². The predicted molar refractivity (Wildman–Crippen MR) is 90.8 cm³/mol. The van der Waals surface area contributed by atoms with Crippen LogP contribution in [-0.4, -0.2) is 43.7 Å². The minimum Gasteiger partial charge on any atom is -0.489 e. The van der Waals surface area contributed by atoms with Gasteiger partial charge in [0.2, 0.25) is 0 Å². The molecule has 0 aromatic heterocycles. The van der Waals surface area contributed by atoms with Gasteiger partial charge in [-0.2, -0.15) is 0 Å². The highest BCUT2D eigenvalue weighted by Crippen LogP contribution is 2.28. The van der Waals surface area contributed by atoms with E-state index in [1.165, 1.54) is 37.1 Å². The van der Waals surface area contributed by atoms with E-state index < -0.39 is 0 Å². The van der Waals surface area contributed by atoms with Crippen LogP contribution in [0.1, 0.15) is 25.3 Å². The second-order valence-corrected chi connectivity index (χ2v) is 6.74. The number of likely N-dealkylation sites (tertiary alicyclic amines) is 1. The standard InChI is InChI=1S/C17H23BrN2O/c1-2-20-7-3-4-16(20)11-19-10-13-8-14-9-15(18)5-6-17(14)21-12-13/h5-6,8-9,16,19H,2-4,7,10-12H2,1H3. The molecular weight excluding hydrogens is 328 g/mol. The van der Waals surface area contributed by atoms with E-state index >= 15 is 0 Å². The smallest absolute Gasteiger partial charge is 0.127 e. The lowest BCUT2D eigenvalue weighted by atomic mass is 10.1. The van der Waals surface area contributed by atoms with Gasteiger partial charge in [-0.25, -0.2) is 0 Å². The third-order valence-corrected chi connectivity index (χ3v) is 4.88. The van der Waals surface area contributed by atoms with E-state index in [1.807, 2.05) is 12.1 Å². The van der Waals surface area contributed by atoms with Crippen molar-refractivity contribution >= 4 is 22.0 Å². The number of fused-ring (bicyclic) bond motifs is 1. The molecule has 1 fully saturated rings. The second kappa shape index (κ2) is 6.95. The molecular formula is C17H23BrN2O. The number of likely N-dealkylation sites (N-methyl/N-ethyl adjacent to an activating group) is 1. The average Bonchev–Trinajstić information content (AvgIpc) is 2.94. The van der Waals surface area contributed by atoms with Crippen molar-refractivity contribution in [1.29, 1.82) is 0 Å². The normalized spacial score (nSPS) is 21.8. The van der Waals surface area contributed by atoms with Crippen LogP contribution in [0.5, 0.6) is 5.75 Å². The summed E-state index contributed by atoms with van der Waals surface area (Å²) in [6.07, 6.45) is 4.92. The number of halogens is 1. The third-order valence-electron chi connectivity index (χ3n) is 4.38. The zero-order chi connectivity index (χ0) is 14.7. The van der Waals surface area contributed by atoms with Crippen LogP contribution in [-0.2, 0) is 0 Å². The highest BCUT2D eigenvalue weighted by molar-refractivity contribution is 9.10. The molecule has 0 aliphatic carbocycles. The molecule has 1 unspecified atom stereocenters. The maximum Gasteiger partial charge on any atom is 0.127 e. The molecule has 1 aromatic rings. The van der Waals surface area contributed by atoms with E-state index in [-0.39, 0.29) is 0 Å². The first-order chi connectivity index (χ1) is 10.3. The lowest BCUT2D eigenvalue weighted by Gasteiger charge is -2.24. The van der Waals surface area contributed by atoms with Crippen LogP contribution in [0.4, 0.5) is 0 Å².